The normalized spacial score (nSPS) is 54.3. The van der Waals surface area contributed by atoms with Gasteiger partial charge in [-0.25, -0.2) is 0 Å². The Balaban J connectivity index is 0.0000000902. The van der Waals surface area contributed by atoms with Crippen LogP contribution in [0.5, 0.6) is 0 Å². The number of hydrogen-bond donors (Lipinski definition) is 4. The Hall–Kier alpha value is -1.50. The highest BCUT2D eigenvalue weighted by Gasteiger charge is 2.67. The predicted molar refractivity (Wildman–Crippen MR) is 374 cm³/mol. The van der Waals surface area contributed by atoms with Gasteiger partial charge in [-0.3, -0.25) is 9.59 Å². The molecule has 28 atom stereocenters. The number of hydrogen-bond acceptors (Lipinski definition) is 15. The molecule has 15 heteroatoms. The van der Waals surface area contributed by atoms with E-state index in [2.05, 4.69) is 34.6 Å². The monoisotopic (exact) mass is 1380 g/mol. The number of cyclic esters (lactones) is 1. The molecule has 0 amide bonds. The molecule has 0 aromatic heterocycles. The van der Waals surface area contributed by atoms with Gasteiger partial charge in [0.25, 0.3) is 0 Å². The first-order valence-electron chi connectivity index (χ1n) is 42.3. The van der Waals surface area contributed by atoms with Gasteiger partial charge in [-0.1, -0.05) is 0 Å². The molecule has 24 aliphatic carbocycles. The summed E-state index contributed by atoms with van der Waals surface area (Å²) in [4.78, 5) is 22.8. The summed E-state index contributed by atoms with van der Waals surface area (Å²) in [5.74, 6) is 17.8. The van der Waals surface area contributed by atoms with Gasteiger partial charge in [0.2, 0.25) is 0 Å². The summed E-state index contributed by atoms with van der Waals surface area (Å²) in [6.45, 7) is 21.9. The number of carbonyl (C=O) groups is 2. The molecule has 26 aliphatic rings. The molecule has 99 heavy (non-hydrogen) atoms. The van der Waals surface area contributed by atoms with Crippen molar-refractivity contribution in [2.45, 2.75) is 300 Å². The van der Waals surface area contributed by atoms with E-state index in [0.29, 0.717) is 95.6 Å². The quantitative estimate of drug-likeness (QED) is 0.0891. The van der Waals surface area contributed by atoms with Gasteiger partial charge in [-0.15, -0.1) is 0 Å². The van der Waals surface area contributed by atoms with Gasteiger partial charge in [0, 0.05) is 70.4 Å². The molecule has 26 rings (SSSR count). The fraction of sp³-hybridized carbons (Fsp3) is 0.976. The maximum Gasteiger partial charge on any atom is 0.309 e. The van der Waals surface area contributed by atoms with Crippen LogP contribution in [-0.4, -0.2) is 157 Å². The van der Waals surface area contributed by atoms with E-state index in [0.717, 1.165) is 194 Å². The number of fused-ring (bicyclic) bond motifs is 15. The van der Waals surface area contributed by atoms with Crippen LogP contribution in [0.3, 0.4) is 0 Å². The highest BCUT2D eigenvalue weighted by Crippen LogP contribution is 2.69. The second-order valence-corrected chi connectivity index (χ2v) is 38.4. The van der Waals surface area contributed by atoms with Crippen LogP contribution in [0.15, 0.2) is 0 Å². The molecule has 0 spiro atoms. The standard InChI is InChI=1S/C14H22O2.C13H22O.3C12H20O2.C11H16O3.C10H14O3/c1-2-16-12-6-8-4-10(12)14-9-3-7(13(8)14)5-11(9)15;1-2-14-9-13-6-10-3-11(7-13)5-12(4-10)8-13;1-2-14-12-6-9-3-10(7-12)5-11(13,4-9)8-12;1-2-14-11-9-3-8-4-10(11)7-12(13,5-8)6-9;1-2-14-12-9-4-7-3-8(6-9)11(13)10(12)5-7;1-2-13-9-4-6-3-7(9)8-5-14-11(12)10(6)8;1-2-12-8-5-3-6-7(4-5)10(11)13-9(6)8/h7-15H,2-6H2,1H3;10-12H,2-9H2,1H3;9-10,13H,2-8H2,1H3;8-11,13H,2-7H2,1H3;7-13H,2-6H2,1H3;6-10H,2-5H2,1H3;5-9H,2-4H2,1H3. The van der Waals surface area contributed by atoms with Crippen molar-refractivity contribution in [2.24, 2.45) is 153 Å². The minimum absolute atomic E-state index is 0.0212. The molecule has 560 valence electrons. The molecular weight excluding hydrogens is 1250 g/mol. The average molecular weight is 1380 g/mol. The first-order chi connectivity index (χ1) is 47.8. The van der Waals surface area contributed by atoms with Crippen molar-refractivity contribution in [2.75, 3.05) is 59.5 Å². The summed E-state index contributed by atoms with van der Waals surface area (Å²) in [5, 5.41) is 41.0. The maximum absolute atomic E-state index is 11.4. The van der Waals surface area contributed by atoms with Crippen molar-refractivity contribution >= 4 is 11.9 Å². The summed E-state index contributed by atoms with van der Waals surface area (Å²) in [5.41, 5.74) is 0.0295. The van der Waals surface area contributed by atoms with Crippen molar-refractivity contribution in [1.29, 1.82) is 0 Å². The maximum atomic E-state index is 11.4. The summed E-state index contributed by atoms with van der Waals surface area (Å²) >= 11 is 0. The van der Waals surface area contributed by atoms with Crippen LogP contribution in [0.4, 0.5) is 0 Å². The van der Waals surface area contributed by atoms with E-state index in [1.807, 2.05) is 13.8 Å². The molecule has 24 bridgehead atoms. The number of carbonyl (C=O) groups excluding carboxylic acids is 2. The Bertz CT molecular complexity index is 2710. The number of ether oxygens (including phenoxy) is 9. The lowest BCUT2D eigenvalue weighted by atomic mass is 9.50. The fourth-order valence-electron chi connectivity index (χ4n) is 31.0. The summed E-state index contributed by atoms with van der Waals surface area (Å²) < 4.78 is 51.1. The third-order valence-electron chi connectivity index (χ3n) is 32.4. The lowest BCUT2D eigenvalue weighted by Gasteiger charge is -2.59. The van der Waals surface area contributed by atoms with Gasteiger partial charge in [0.05, 0.1) is 84.6 Å². The first kappa shape index (κ1) is 71.7. The van der Waals surface area contributed by atoms with Gasteiger partial charge in [0.15, 0.2) is 0 Å². The van der Waals surface area contributed by atoms with Crippen LogP contribution in [0, 0.1) is 153 Å². The third kappa shape index (κ3) is 13.6. The molecule has 2 aliphatic heterocycles. The zero-order valence-electron chi connectivity index (χ0n) is 62.2. The van der Waals surface area contributed by atoms with E-state index in [4.69, 9.17) is 42.6 Å². The van der Waals surface area contributed by atoms with Gasteiger partial charge in [-0.2, -0.15) is 0 Å². The SMILES string of the molecule is CCOC12CC3CC(CC(O)(C3)C1)C2.CCOC1C2CC3C(=O)OC1C3C2.CCOC1C2CC3CC(C2)C(O)C1C3.CCOC1C2CC3CC1CC(O)(C3)C2.CCOC1CC2CC1C1C3CC(CC3O)C21.CCOC1CC2CC1C1COC(=O)C21.CCOCC12CC3CC(CC(C3)C1)C2. The second kappa shape index (κ2) is 28.9. The Labute approximate surface area is 594 Å². The van der Waals surface area contributed by atoms with Gasteiger partial charge in [0.1, 0.15) is 6.10 Å². The summed E-state index contributed by atoms with van der Waals surface area (Å²) in [6, 6.07) is 0. The number of aliphatic hydroxyl groups excluding tert-OH is 2. The zero-order chi connectivity index (χ0) is 68.4. The van der Waals surface area contributed by atoms with Gasteiger partial charge < -0.3 is 63.1 Å². The molecule has 0 aromatic carbocycles. The van der Waals surface area contributed by atoms with E-state index < -0.39 is 0 Å². The highest BCUT2D eigenvalue weighted by atomic mass is 16.6. The summed E-state index contributed by atoms with van der Waals surface area (Å²) in [7, 11) is 0. The largest absolute Gasteiger partial charge is 0.465 e. The van der Waals surface area contributed by atoms with Crippen LogP contribution < -0.4 is 0 Å². The smallest absolute Gasteiger partial charge is 0.309 e. The second-order valence-electron chi connectivity index (χ2n) is 38.4. The van der Waals surface area contributed by atoms with Gasteiger partial charge >= 0.3 is 11.9 Å². The van der Waals surface area contributed by atoms with E-state index in [1.54, 1.807) is 19.3 Å². The third-order valence-corrected chi connectivity index (χ3v) is 32.4. The van der Waals surface area contributed by atoms with Crippen LogP contribution in [-0.2, 0) is 52.2 Å². The Morgan fingerprint density at radius 2 is 0.960 bits per heavy atom. The Morgan fingerprint density at radius 1 is 0.404 bits per heavy atom. The molecule has 15 nitrogen and oxygen atoms in total. The minimum Gasteiger partial charge on any atom is -0.465 e. The first-order valence-corrected chi connectivity index (χ1v) is 42.3. The molecular formula is C84H134O15. The summed E-state index contributed by atoms with van der Waals surface area (Å²) in [6.07, 6.45) is 38.2. The molecule has 0 aromatic rings. The van der Waals surface area contributed by atoms with Crippen molar-refractivity contribution in [3.05, 3.63) is 0 Å². The zero-order valence-corrected chi connectivity index (χ0v) is 62.2. The predicted octanol–water partition coefficient (Wildman–Crippen LogP) is 13.4. The topological polar surface area (TPSA) is 198 Å². The molecule has 28 unspecified atom stereocenters. The fourth-order valence-corrected chi connectivity index (χ4v) is 31.0. The molecule has 2 saturated heterocycles. The number of esters is 2. The van der Waals surface area contributed by atoms with Crippen molar-refractivity contribution < 1.29 is 72.6 Å². The van der Waals surface area contributed by atoms with E-state index in [-0.39, 0.29) is 65.0 Å². The lowest BCUT2D eigenvalue weighted by Crippen LogP contribution is -2.59. The minimum atomic E-state index is -0.362. The Kier molecular flexibility index (Phi) is 20.9. The number of rotatable bonds is 15. The van der Waals surface area contributed by atoms with E-state index in [1.165, 1.54) is 103 Å². The Morgan fingerprint density at radius 3 is 1.61 bits per heavy atom. The molecule has 0 radical (unpaired) electrons. The van der Waals surface area contributed by atoms with E-state index in [9.17, 15) is 30.0 Å². The van der Waals surface area contributed by atoms with Gasteiger partial charge in [-0.05, 0) is 352 Å². The van der Waals surface area contributed by atoms with E-state index >= 15 is 0 Å². The number of aliphatic hydroxyl groups is 4. The molecule has 24 saturated carbocycles. The van der Waals surface area contributed by atoms with Crippen molar-refractivity contribution in [3.63, 3.8) is 0 Å². The lowest BCUT2D eigenvalue weighted by molar-refractivity contribution is -0.218. The van der Waals surface area contributed by atoms with Crippen LogP contribution >= 0.6 is 0 Å². The van der Waals surface area contributed by atoms with Crippen molar-refractivity contribution in [1.82, 2.24) is 0 Å². The molecule has 26 fully saturated rings. The molecule has 2 heterocycles. The molecule has 4 N–H and O–H groups in total. The average Bonchev–Trinajstić information content (AvgIpc) is 1.53. The highest BCUT2D eigenvalue weighted by molar-refractivity contribution is 5.77. The van der Waals surface area contributed by atoms with Crippen LogP contribution in [0.2, 0.25) is 0 Å². The van der Waals surface area contributed by atoms with Crippen LogP contribution in [0.25, 0.3) is 0 Å². The van der Waals surface area contributed by atoms with Crippen LogP contribution in [0.1, 0.15) is 235 Å². The van der Waals surface area contributed by atoms with Crippen molar-refractivity contribution in [3.8, 4) is 0 Å².